The summed E-state index contributed by atoms with van der Waals surface area (Å²) in [5, 5.41) is 0.760. The summed E-state index contributed by atoms with van der Waals surface area (Å²) in [6, 6.07) is 4.35. The fourth-order valence-electron chi connectivity index (χ4n) is 1.67. The van der Waals surface area contributed by atoms with Crippen molar-refractivity contribution in [2.75, 3.05) is 19.1 Å². The van der Waals surface area contributed by atoms with Crippen LogP contribution >= 0.6 is 23.4 Å². The van der Waals surface area contributed by atoms with Gasteiger partial charge in [-0.15, -0.1) is 0 Å². The molecule has 1 rings (SSSR count). The van der Waals surface area contributed by atoms with E-state index in [0.717, 1.165) is 29.4 Å². The van der Waals surface area contributed by atoms with E-state index in [1.807, 2.05) is 23.9 Å². The number of halogens is 1. The highest BCUT2D eigenvalue weighted by molar-refractivity contribution is 7.98. The van der Waals surface area contributed by atoms with Crippen LogP contribution in [0.4, 0.5) is 0 Å². The van der Waals surface area contributed by atoms with Gasteiger partial charge in [0.05, 0.1) is 5.69 Å². The van der Waals surface area contributed by atoms with Gasteiger partial charge in [-0.1, -0.05) is 18.5 Å². The second-order valence-corrected chi connectivity index (χ2v) is 5.25. The van der Waals surface area contributed by atoms with Crippen molar-refractivity contribution in [2.45, 2.75) is 25.9 Å². The Labute approximate surface area is 107 Å². The van der Waals surface area contributed by atoms with Crippen LogP contribution in [0.3, 0.4) is 0 Å². The monoisotopic (exact) mass is 258 g/mol. The Hall–Kier alpha value is -0.250. The molecule has 0 bridgehead atoms. The minimum Gasteiger partial charge on any atom is -0.297 e. The van der Waals surface area contributed by atoms with Crippen molar-refractivity contribution in [3.8, 4) is 0 Å². The van der Waals surface area contributed by atoms with E-state index in [1.54, 1.807) is 6.20 Å². The molecular weight excluding hydrogens is 240 g/mol. The fourth-order valence-corrected chi connectivity index (χ4v) is 2.73. The minimum atomic E-state index is 0.607. The van der Waals surface area contributed by atoms with Crippen LogP contribution in [0.5, 0.6) is 0 Å². The van der Waals surface area contributed by atoms with E-state index in [4.69, 9.17) is 11.6 Å². The summed E-state index contributed by atoms with van der Waals surface area (Å²) < 4.78 is 0. The zero-order chi connectivity index (χ0) is 12.0. The van der Waals surface area contributed by atoms with E-state index >= 15 is 0 Å². The number of hydrogen-bond acceptors (Lipinski definition) is 3. The second-order valence-electron chi connectivity index (χ2n) is 3.90. The Morgan fingerprint density at radius 1 is 1.56 bits per heavy atom. The summed E-state index contributed by atoms with van der Waals surface area (Å²) in [5.74, 6) is 1.16. The van der Waals surface area contributed by atoms with Crippen LogP contribution in [-0.4, -0.2) is 35.0 Å². The van der Waals surface area contributed by atoms with Crippen LogP contribution < -0.4 is 0 Å². The van der Waals surface area contributed by atoms with Gasteiger partial charge in [0.2, 0.25) is 0 Å². The molecule has 0 radical (unpaired) electrons. The highest BCUT2D eigenvalue weighted by atomic mass is 35.5. The molecule has 4 heteroatoms. The molecule has 1 aromatic rings. The summed E-state index contributed by atoms with van der Waals surface area (Å²) in [7, 11) is 2.15. The van der Waals surface area contributed by atoms with Crippen LogP contribution in [-0.2, 0) is 6.54 Å². The first-order valence-electron chi connectivity index (χ1n) is 5.47. The lowest BCUT2D eigenvalue weighted by Gasteiger charge is -2.26. The van der Waals surface area contributed by atoms with E-state index in [2.05, 4.69) is 30.1 Å². The molecular formula is C12H19ClN2S. The van der Waals surface area contributed by atoms with Gasteiger partial charge in [-0.3, -0.25) is 9.88 Å². The molecule has 0 saturated heterocycles. The SMILES string of the molecule is CCC(CSC)N(C)Cc1cc(Cl)ccn1. The number of hydrogen-bond donors (Lipinski definition) is 0. The van der Waals surface area contributed by atoms with E-state index in [9.17, 15) is 0 Å². The van der Waals surface area contributed by atoms with Gasteiger partial charge in [-0.2, -0.15) is 11.8 Å². The van der Waals surface area contributed by atoms with Gasteiger partial charge in [0, 0.05) is 29.6 Å². The highest BCUT2D eigenvalue weighted by Gasteiger charge is 2.12. The summed E-state index contributed by atoms with van der Waals surface area (Å²) in [4.78, 5) is 6.67. The first-order chi connectivity index (χ1) is 7.67. The molecule has 0 spiro atoms. The van der Waals surface area contributed by atoms with Crippen LogP contribution in [0, 0.1) is 0 Å². The van der Waals surface area contributed by atoms with Crippen molar-refractivity contribution < 1.29 is 0 Å². The second kappa shape index (κ2) is 7.15. The molecule has 0 N–H and O–H groups in total. The highest BCUT2D eigenvalue weighted by Crippen LogP contribution is 2.13. The summed E-state index contributed by atoms with van der Waals surface area (Å²) in [6.07, 6.45) is 5.08. The topological polar surface area (TPSA) is 16.1 Å². The van der Waals surface area contributed by atoms with Gasteiger partial charge in [-0.05, 0) is 31.9 Å². The van der Waals surface area contributed by atoms with Gasteiger partial charge in [0.25, 0.3) is 0 Å². The molecule has 0 aliphatic rings. The molecule has 0 fully saturated rings. The predicted molar refractivity (Wildman–Crippen MR) is 73.2 cm³/mol. The largest absolute Gasteiger partial charge is 0.297 e. The quantitative estimate of drug-likeness (QED) is 0.779. The molecule has 0 aromatic carbocycles. The van der Waals surface area contributed by atoms with Crippen molar-refractivity contribution >= 4 is 23.4 Å². The zero-order valence-corrected chi connectivity index (χ0v) is 11.7. The maximum Gasteiger partial charge on any atom is 0.0558 e. The third kappa shape index (κ3) is 4.32. The molecule has 1 atom stereocenters. The van der Waals surface area contributed by atoms with Crippen LogP contribution in [0.2, 0.25) is 5.02 Å². The minimum absolute atomic E-state index is 0.607. The normalized spacial score (nSPS) is 13.1. The maximum atomic E-state index is 5.94. The third-order valence-electron chi connectivity index (χ3n) is 2.64. The first kappa shape index (κ1) is 13.8. The predicted octanol–water partition coefficient (Wildman–Crippen LogP) is 3.31. The van der Waals surface area contributed by atoms with Gasteiger partial charge in [0.15, 0.2) is 0 Å². The number of nitrogens with zero attached hydrogens (tertiary/aromatic N) is 2. The van der Waals surface area contributed by atoms with Crippen molar-refractivity contribution in [2.24, 2.45) is 0 Å². The molecule has 1 unspecified atom stereocenters. The standard InChI is InChI=1S/C12H19ClN2S/c1-4-12(9-16-3)15(2)8-11-7-10(13)5-6-14-11/h5-7,12H,4,8-9H2,1-3H3. The molecule has 1 heterocycles. The van der Waals surface area contributed by atoms with E-state index in [0.29, 0.717) is 6.04 Å². The van der Waals surface area contributed by atoms with Gasteiger partial charge >= 0.3 is 0 Å². The van der Waals surface area contributed by atoms with E-state index in [-0.39, 0.29) is 0 Å². The lowest BCUT2D eigenvalue weighted by Crippen LogP contribution is -2.32. The Morgan fingerprint density at radius 2 is 2.31 bits per heavy atom. The van der Waals surface area contributed by atoms with Gasteiger partial charge in [-0.25, -0.2) is 0 Å². The van der Waals surface area contributed by atoms with Crippen LogP contribution in [0.15, 0.2) is 18.3 Å². The maximum absolute atomic E-state index is 5.94. The lowest BCUT2D eigenvalue weighted by atomic mass is 10.2. The third-order valence-corrected chi connectivity index (χ3v) is 3.60. The smallest absolute Gasteiger partial charge is 0.0558 e. The first-order valence-corrected chi connectivity index (χ1v) is 7.24. The fraction of sp³-hybridized carbons (Fsp3) is 0.583. The molecule has 0 aliphatic carbocycles. The number of thioether (sulfide) groups is 1. The zero-order valence-electron chi connectivity index (χ0n) is 10.1. The molecule has 1 aromatic heterocycles. The van der Waals surface area contributed by atoms with Crippen LogP contribution in [0.25, 0.3) is 0 Å². The average molecular weight is 259 g/mol. The number of aromatic nitrogens is 1. The van der Waals surface area contributed by atoms with Gasteiger partial charge in [0.1, 0.15) is 0 Å². The van der Waals surface area contributed by atoms with E-state index in [1.165, 1.54) is 0 Å². The van der Waals surface area contributed by atoms with E-state index < -0.39 is 0 Å². The lowest BCUT2D eigenvalue weighted by molar-refractivity contribution is 0.245. The Morgan fingerprint density at radius 3 is 2.88 bits per heavy atom. The molecule has 90 valence electrons. The van der Waals surface area contributed by atoms with Crippen molar-refractivity contribution in [3.05, 3.63) is 29.0 Å². The average Bonchev–Trinajstić information content (AvgIpc) is 2.25. The molecule has 0 aliphatic heterocycles. The van der Waals surface area contributed by atoms with Crippen molar-refractivity contribution in [1.29, 1.82) is 0 Å². The van der Waals surface area contributed by atoms with Crippen LogP contribution in [0.1, 0.15) is 19.0 Å². The number of pyridine rings is 1. The Balaban J connectivity index is 2.58. The Bertz CT molecular complexity index is 320. The Kier molecular flexibility index (Phi) is 6.17. The molecule has 0 saturated carbocycles. The summed E-state index contributed by atoms with van der Waals surface area (Å²) in [6.45, 7) is 3.09. The van der Waals surface area contributed by atoms with Crippen molar-refractivity contribution in [1.82, 2.24) is 9.88 Å². The molecule has 16 heavy (non-hydrogen) atoms. The van der Waals surface area contributed by atoms with Crippen molar-refractivity contribution in [3.63, 3.8) is 0 Å². The molecule has 2 nitrogen and oxygen atoms in total. The van der Waals surface area contributed by atoms with Gasteiger partial charge < -0.3 is 0 Å². The summed E-state index contributed by atoms with van der Waals surface area (Å²) in [5.41, 5.74) is 1.04. The molecule has 0 amide bonds. The number of rotatable bonds is 6. The summed E-state index contributed by atoms with van der Waals surface area (Å²) >= 11 is 7.83.